The molecule has 1 aromatic carbocycles. The number of carbonyl (C=O) groups excluding carboxylic acids is 2. The number of allylic oxidation sites excluding steroid dienone is 1. The van der Waals surface area contributed by atoms with Crippen molar-refractivity contribution in [3.05, 3.63) is 23.8 Å². The lowest BCUT2D eigenvalue weighted by Gasteiger charge is -2.31. The number of ether oxygens (including phenoxy) is 1. The number of hydrogen-bond acceptors (Lipinski definition) is 4. The molecule has 0 bridgehead atoms. The van der Waals surface area contributed by atoms with Gasteiger partial charge in [-0.15, -0.1) is 0 Å². The molecule has 3 rings (SSSR count). The molecule has 2 amide bonds. The highest BCUT2D eigenvalue weighted by Crippen LogP contribution is 2.40. The van der Waals surface area contributed by atoms with Gasteiger partial charge in [0.15, 0.2) is 0 Å². The lowest BCUT2D eigenvalue weighted by molar-refractivity contribution is -0.114. The van der Waals surface area contributed by atoms with Gasteiger partial charge >= 0.3 is 0 Å². The van der Waals surface area contributed by atoms with Crippen LogP contribution in [-0.2, 0) is 14.3 Å². The predicted molar refractivity (Wildman–Crippen MR) is 95.3 cm³/mol. The Hall–Kier alpha value is -2.34. The zero-order chi connectivity index (χ0) is 17.1. The number of unbranched alkanes of at least 4 members (excludes halogenated alkanes) is 1. The summed E-state index contributed by atoms with van der Waals surface area (Å²) in [4.78, 5) is 26.0. The maximum atomic E-state index is 12.3. The number of nitrogens with one attached hydrogen (secondary N) is 2. The maximum absolute atomic E-state index is 12.3. The normalized spacial score (nSPS) is 18.5. The minimum atomic E-state index is -0.129. The second-order valence-electron chi connectivity index (χ2n) is 6.06. The molecular weight excluding hydrogens is 306 g/mol. The minimum Gasteiger partial charge on any atom is -0.378 e. The lowest BCUT2D eigenvalue weighted by Crippen LogP contribution is -2.36. The number of anilines is 3. The van der Waals surface area contributed by atoms with Crippen molar-refractivity contribution in [1.82, 2.24) is 0 Å². The zero-order valence-corrected chi connectivity index (χ0v) is 14.1. The maximum Gasteiger partial charge on any atom is 0.256 e. The topological polar surface area (TPSA) is 70.7 Å². The first kappa shape index (κ1) is 16.5. The third-order valence-corrected chi connectivity index (χ3v) is 4.22. The number of morpholine rings is 1. The highest BCUT2D eigenvalue weighted by Gasteiger charge is 2.27. The molecule has 6 heteroatoms. The van der Waals surface area contributed by atoms with Gasteiger partial charge < -0.3 is 20.3 Å². The Morgan fingerprint density at radius 2 is 2.12 bits per heavy atom. The van der Waals surface area contributed by atoms with E-state index in [0.29, 0.717) is 13.2 Å². The van der Waals surface area contributed by atoms with Gasteiger partial charge in [0.1, 0.15) is 0 Å². The summed E-state index contributed by atoms with van der Waals surface area (Å²) in [5.41, 5.74) is 4.04. The Balaban J connectivity index is 2.04. The van der Waals surface area contributed by atoms with Gasteiger partial charge in [-0.2, -0.15) is 0 Å². The van der Waals surface area contributed by atoms with Crippen molar-refractivity contribution in [2.75, 3.05) is 41.8 Å². The van der Waals surface area contributed by atoms with E-state index in [2.05, 4.69) is 22.5 Å². The highest BCUT2D eigenvalue weighted by molar-refractivity contribution is 6.32. The van der Waals surface area contributed by atoms with Crippen molar-refractivity contribution >= 4 is 34.4 Å². The molecule has 24 heavy (non-hydrogen) atoms. The number of hydrogen-bond donors (Lipinski definition) is 2. The van der Waals surface area contributed by atoms with E-state index in [-0.39, 0.29) is 11.8 Å². The van der Waals surface area contributed by atoms with Crippen LogP contribution >= 0.6 is 0 Å². The second kappa shape index (κ2) is 7.05. The number of nitrogens with zero attached hydrogens (tertiary/aromatic N) is 1. The van der Waals surface area contributed by atoms with E-state index in [9.17, 15) is 9.59 Å². The molecule has 2 heterocycles. The molecule has 1 saturated heterocycles. The summed E-state index contributed by atoms with van der Waals surface area (Å²) in [6.45, 7) is 6.42. The number of fused-ring (bicyclic) bond motifs is 1. The van der Waals surface area contributed by atoms with Crippen LogP contribution in [0.15, 0.2) is 18.2 Å². The SMILES string of the molecule is CCC/C=C1/C(=O)Nc2cc(NC(C)=O)c(N3CCOCC3)cc21. The average Bonchev–Trinajstić information content (AvgIpc) is 2.86. The molecule has 2 aliphatic heterocycles. The average molecular weight is 329 g/mol. The number of rotatable bonds is 4. The van der Waals surface area contributed by atoms with Crippen LogP contribution in [0.3, 0.4) is 0 Å². The standard InChI is InChI=1S/C18H23N3O3/c1-3-4-5-13-14-10-17(21-6-8-24-9-7-21)16(19-12(2)22)11-15(14)20-18(13)23/h5,10-11H,3-4,6-9H2,1-2H3,(H,19,22)(H,20,23)/b13-5+. The van der Waals surface area contributed by atoms with Gasteiger partial charge in [-0.1, -0.05) is 19.4 Å². The van der Waals surface area contributed by atoms with Crippen LogP contribution < -0.4 is 15.5 Å². The monoisotopic (exact) mass is 329 g/mol. The number of benzene rings is 1. The molecule has 0 aliphatic carbocycles. The second-order valence-corrected chi connectivity index (χ2v) is 6.06. The van der Waals surface area contributed by atoms with Crippen molar-refractivity contribution in [3.8, 4) is 0 Å². The van der Waals surface area contributed by atoms with Crippen LogP contribution in [0.4, 0.5) is 17.1 Å². The van der Waals surface area contributed by atoms with E-state index in [4.69, 9.17) is 4.74 Å². The third kappa shape index (κ3) is 3.28. The molecule has 0 aromatic heterocycles. The molecule has 0 spiro atoms. The van der Waals surface area contributed by atoms with E-state index >= 15 is 0 Å². The summed E-state index contributed by atoms with van der Waals surface area (Å²) >= 11 is 0. The molecule has 1 fully saturated rings. The lowest BCUT2D eigenvalue weighted by atomic mass is 10.0. The zero-order valence-electron chi connectivity index (χ0n) is 14.1. The van der Waals surface area contributed by atoms with Crippen molar-refractivity contribution in [2.24, 2.45) is 0 Å². The van der Waals surface area contributed by atoms with Crippen LogP contribution in [0.25, 0.3) is 5.57 Å². The minimum absolute atomic E-state index is 0.0775. The molecule has 128 valence electrons. The van der Waals surface area contributed by atoms with Crippen molar-refractivity contribution in [3.63, 3.8) is 0 Å². The molecule has 2 aliphatic rings. The molecule has 0 atom stereocenters. The molecule has 0 unspecified atom stereocenters. The van der Waals surface area contributed by atoms with E-state index in [1.54, 1.807) is 0 Å². The van der Waals surface area contributed by atoms with Gasteiger partial charge in [-0.3, -0.25) is 9.59 Å². The molecule has 0 radical (unpaired) electrons. The van der Waals surface area contributed by atoms with Crippen LogP contribution in [0.1, 0.15) is 32.3 Å². The van der Waals surface area contributed by atoms with E-state index in [1.807, 2.05) is 18.2 Å². The molecular formula is C18H23N3O3. The fourth-order valence-corrected chi connectivity index (χ4v) is 3.07. The Labute approximate surface area is 141 Å². The fraction of sp³-hybridized carbons (Fsp3) is 0.444. The van der Waals surface area contributed by atoms with Crippen LogP contribution in [-0.4, -0.2) is 38.1 Å². The number of carbonyl (C=O) groups is 2. The Bertz CT molecular complexity index is 691. The summed E-state index contributed by atoms with van der Waals surface area (Å²) in [5, 5.41) is 5.78. The summed E-state index contributed by atoms with van der Waals surface area (Å²) in [6.07, 6.45) is 3.84. The van der Waals surface area contributed by atoms with Crippen molar-refractivity contribution in [1.29, 1.82) is 0 Å². The van der Waals surface area contributed by atoms with Crippen molar-refractivity contribution in [2.45, 2.75) is 26.7 Å². The Morgan fingerprint density at radius 3 is 2.79 bits per heavy atom. The van der Waals surface area contributed by atoms with E-state index in [1.165, 1.54) is 6.92 Å². The molecule has 1 aromatic rings. The van der Waals surface area contributed by atoms with Gasteiger partial charge in [0, 0.05) is 31.1 Å². The first-order valence-electron chi connectivity index (χ1n) is 8.40. The molecule has 2 N–H and O–H groups in total. The first-order valence-corrected chi connectivity index (χ1v) is 8.40. The van der Waals surface area contributed by atoms with Gasteiger partial charge in [-0.25, -0.2) is 0 Å². The summed E-state index contributed by atoms with van der Waals surface area (Å²) in [5.74, 6) is -0.207. The molecule has 6 nitrogen and oxygen atoms in total. The van der Waals surface area contributed by atoms with Gasteiger partial charge in [0.25, 0.3) is 5.91 Å². The largest absolute Gasteiger partial charge is 0.378 e. The predicted octanol–water partition coefficient (Wildman–Crippen LogP) is 2.62. The van der Waals surface area contributed by atoms with Crippen LogP contribution in [0.2, 0.25) is 0 Å². The van der Waals surface area contributed by atoms with Gasteiger partial charge in [0.05, 0.1) is 30.3 Å². The Kier molecular flexibility index (Phi) is 4.85. The smallest absolute Gasteiger partial charge is 0.256 e. The number of amides is 2. The quantitative estimate of drug-likeness (QED) is 0.833. The van der Waals surface area contributed by atoms with E-state index in [0.717, 1.165) is 54.1 Å². The Morgan fingerprint density at radius 1 is 1.38 bits per heavy atom. The molecule has 0 saturated carbocycles. The summed E-state index contributed by atoms with van der Waals surface area (Å²) in [7, 11) is 0. The van der Waals surface area contributed by atoms with Crippen molar-refractivity contribution < 1.29 is 14.3 Å². The summed E-state index contributed by atoms with van der Waals surface area (Å²) in [6, 6.07) is 3.86. The van der Waals surface area contributed by atoms with E-state index < -0.39 is 0 Å². The van der Waals surface area contributed by atoms with Crippen LogP contribution in [0.5, 0.6) is 0 Å². The summed E-state index contributed by atoms with van der Waals surface area (Å²) < 4.78 is 5.42. The first-order chi connectivity index (χ1) is 11.6. The third-order valence-electron chi connectivity index (χ3n) is 4.22. The fourth-order valence-electron chi connectivity index (χ4n) is 3.07. The van der Waals surface area contributed by atoms with Gasteiger partial charge in [-0.05, 0) is 18.6 Å². The van der Waals surface area contributed by atoms with Gasteiger partial charge in [0.2, 0.25) is 5.91 Å². The highest BCUT2D eigenvalue weighted by atomic mass is 16.5. The van der Waals surface area contributed by atoms with Crippen LogP contribution in [0, 0.1) is 0 Å².